The molecule has 3 rings (SSSR count). The lowest BCUT2D eigenvalue weighted by Gasteiger charge is -2.06. The predicted molar refractivity (Wildman–Crippen MR) is 105 cm³/mol. The zero-order valence-corrected chi connectivity index (χ0v) is 16.9. The molecule has 0 aliphatic heterocycles. The first-order valence-corrected chi connectivity index (χ1v) is 10.8. The second-order valence-electron chi connectivity index (χ2n) is 5.72. The molecular weight excluding hydrogens is 392 g/mol. The van der Waals surface area contributed by atoms with Crippen molar-refractivity contribution in [2.24, 2.45) is 4.40 Å². The minimum Gasteiger partial charge on any atom is -0.380 e. The van der Waals surface area contributed by atoms with E-state index in [4.69, 9.17) is 16.3 Å². The van der Waals surface area contributed by atoms with Crippen molar-refractivity contribution in [3.8, 4) is 0 Å². The number of aromatic nitrogens is 1. The molecule has 0 N–H and O–H groups in total. The Bertz CT molecular complexity index is 1080. The molecule has 0 saturated carbocycles. The van der Waals surface area contributed by atoms with Gasteiger partial charge in [-0.1, -0.05) is 40.6 Å². The summed E-state index contributed by atoms with van der Waals surface area (Å²) < 4.78 is 37.7. The molecule has 2 aromatic carbocycles. The zero-order chi connectivity index (χ0) is 18.7. The maximum atomic E-state index is 12.7. The quantitative estimate of drug-likeness (QED) is 0.577. The number of benzene rings is 2. The van der Waals surface area contributed by atoms with Crippen molar-refractivity contribution in [3.05, 3.63) is 57.9 Å². The summed E-state index contributed by atoms with van der Waals surface area (Å²) in [7, 11) is -3.80. The highest BCUT2D eigenvalue weighted by molar-refractivity contribution is 7.90. The van der Waals surface area contributed by atoms with E-state index in [0.29, 0.717) is 29.6 Å². The molecule has 0 bridgehead atoms. The Morgan fingerprint density at radius 1 is 1.19 bits per heavy atom. The second kappa shape index (κ2) is 7.92. The van der Waals surface area contributed by atoms with E-state index in [-0.39, 0.29) is 4.90 Å². The summed E-state index contributed by atoms with van der Waals surface area (Å²) >= 11 is 7.37. The molecule has 0 aliphatic rings. The van der Waals surface area contributed by atoms with Crippen molar-refractivity contribution in [2.75, 3.05) is 13.2 Å². The standard InChI is InChI=1S/C18H19ClN2O3S2/c1-3-24-11-10-21-16-9-6-14(19)12-17(16)25-18(21)20-26(22,23)15-7-4-13(2)5-8-15/h4-9,12H,3,10-11H2,1-2H3/b20-18-. The average Bonchev–Trinajstić information content (AvgIpc) is 2.91. The normalized spacial score (nSPS) is 12.8. The summed E-state index contributed by atoms with van der Waals surface area (Å²) in [5, 5.41) is 0.601. The monoisotopic (exact) mass is 410 g/mol. The number of halogens is 1. The van der Waals surface area contributed by atoms with Crippen molar-refractivity contribution >= 4 is 43.2 Å². The van der Waals surface area contributed by atoms with Gasteiger partial charge < -0.3 is 9.30 Å². The lowest BCUT2D eigenvalue weighted by Crippen LogP contribution is -2.19. The molecule has 3 aromatic rings. The van der Waals surface area contributed by atoms with Gasteiger partial charge in [-0.15, -0.1) is 4.40 Å². The van der Waals surface area contributed by atoms with Crippen LogP contribution in [0.3, 0.4) is 0 Å². The smallest absolute Gasteiger partial charge is 0.285 e. The van der Waals surface area contributed by atoms with Crippen LogP contribution in [0.2, 0.25) is 5.02 Å². The van der Waals surface area contributed by atoms with Crippen LogP contribution in [0.1, 0.15) is 12.5 Å². The van der Waals surface area contributed by atoms with Crippen molar-refractivity contribution in [3.63, 3.8) is 0 Å². The summed E-state index contributed by atoms with van der Waals surface area (Å²) in [6.45, 7) is 5.41. The molecule has 0 unspecified atom stereocenters. The number of thiazole rings is 1. The number of hydrogen-bond donors (Lipinski definition) is 0. The number of fused-ring (bicyclic) bond motifs is 1. The van der Waals surface area contributed by atoms with Gasteiger partial charge in [0.15, 0.2) is 0 Å². The molecule has 1 aromatic heterocycles. The van der Waals surface area contributed by atoms with Gasteiger partial charge >= 0.3 is 0 Å². The van der Waals surface area contributed by atoms with Crippen LogP contribution in [0.25, 0.3) is 10.2 Å². The Morgan fingerprint density at radius 3 is 2.62 bits per heavy atom. The lowest BCUT2D eigenvalue weighted by atomic mass is 10.2. The topological polar surface area (TPSA) is 60.7 Å². The molecule has 0 amide bonds. The Morgan fingerprint density at radius 2 is 1.92 bits per heavy atom. The highest BCUT2D eigenvalue weighted by atomic mass is 35.5. The maximum absolute atomic E-state index is 12.7. The summed E-state index contributed by atoms with van der Waals surface area (Å²) in [5.74, 6) is 0. The van der Waals surface area contributed by atoms with Gasteiger partial charge in [0.05, 0.1) is 21.7 Å². The molecule has 138 valence electrons. The maximum Gasteiger partial charge on any atom is 0.285 e. The fourth-order valence-corrected chi connectivity index (χ4v) is 5.03. The highest BCUT2D eigenvalue weighted by Gasteiger charge is 2.15. The predicted octanol–water partition coefficient (Wildman–Crippen LogP) is 3.99. The van der Waals surface area contributed by atoms with Crippen LogP contribution in [0.4, 0.5) is 0 Å². The van der Waals surface area contributed by atoms with Gasteiger partial charge in [-0.05, 0) is 44.2 Å². The van der Waals surface area contributed by atoms with Crippen LogP contribution in [0.5, 0.6) is 0 Å². The van der Waals surface area contributed by atoms with Crippen molar-refractivity contribution in [2.45, 2.75) is 25.3 Å². The third kappa shape index (κ3) is 4.17. The van der Waals surface area contributed by atoms with E-state index in [9.17, 15) is 8.42 Å². The first-order chi connectivity index (χ1) is 12.4. The van der Waals surface area contributed by atoms with Crippen LogP contribution in [-0.4, -0.2) is 26.2 Å². The molecule has 1 heterocycles. The third-order valence-electron chi connectivity index (χ3n) is 3.83. The van der Waals surface area contributed by atoms with E-state index in [1.54, 1.807) is 30.3 Å². The van der Waals surface area contributed by atoms with Gasteiger partial charge in [0, 0.05) is 18.2 Å². The molecular formula is C18H19ClN2O3S2. The van der Waals surface area contributed by atoms with E-state index in [1.807, 2.05) is 30.5 Å². The molecule has 0 radical (unpaired) electrons. The van der Waals surface area contributed by atoms with Crippen LogP contribution in [0, 0.1) is 6.92 Å². The van der Waals surface area contributed by atoms with Crippen molar-refractivity contribution < 1.29 is 13.2 Å². The van der Waals surface area contributed by atoms with Gasteiger partial charge in [-0.2, -0.15) is 8.42 Å². The van der Waals surface area contributed by atoms with Crippen LogP contribution in [0.15, 0.2) is 51.8 Å². The summed E-state index contributed by atoms with van der Waals surface area (Å²) in [6, 6.07) is 12.1. The first-order valence-electron chi connectivity index (χ1n) is 8.15. The lowest BCUT2D eigenvalue weighted by molar-refractivity contribution is 0.139. The minimum atomic E-state index is -3.80. The number of rotatable bonds is 6. The fraction of sp³-hybridized carbons (Fsp3) is 0.278. The van der Waals surface area contributed by atoms with E-state index < -0.39 is 10.0 Å². The molecule has 26 heavy (non-hydrogen) atoms. The second-order valence-corrected chi connectivity index (χ2v) is 8.77. The van der Waals surface area contributed by atoms with E-state index in [2.05, 4.69) is 4.40 Å². The molecule has 8 heteroatoms. The van der Waals surface area contributed by atoms with Crippen molar-refractivity contribution in [1.82, 2.24) is 4.57 Å². The highest BCUT2D eigenvalue weighted by Crippen LogP contribution is 2.22. The Balaban J connectivity index is 2.14. The largest absolute Gasteiger partial charge is 0.380 e. The first kappa shape index (κ1) is 19.1. The van der Waals surface area contributed by atoms with E-state index in [0.717, 1.165) is 15.8 Å². The Kier molecular flexibility index (Phi) is 5.82. The Labute approximate surface area is 161 Å². The minimum absolute atomic E-state index is 0.176. The molecule has 0 atom stereocenters. The summed E-state index contributed by atoms with van der Waals surface area (Å²) in [4.78, 5) is 0.581. The molecule has 0 spiro atoms. The number of sulfonamides is 1. The molecule has 0 saturated heterocycles. The van der Waals surface area contributed by atoms with Gasteiger partial charge in [-0.3, -0.25) is 0 Å². The summed E-state index contributed by atoms with van der Waals surface area (Å²) in [6.07, 6.45) is 0. The number of nitrogens with zero attached hydrogens (tertiary/aromatic N) is 2. The van der Waals surface area contributed by atoms with Gasteiger partial charge in [0.2, 0.25) is 4.80 Å². The van der Waals surface area contributed by atoms with Gasteiger partial charge in [0.25, 0.3) is 10.0 Å². The number of hydrogen-bond acceptors (Lipinski definition) is 4. The SMILES string of the molecule is CCOCCn1/c(=N/S(=O)(=O)c2ccc(C)cc2)sc2cc(Cl)ccc21. The average molecular weight is 411 g/mol. The molecule has 5 nitrogen and oxygen atoms in total. The zero-order valence-electron chi connectivity index (χ0n) is 14.5. The fourth-order valence-electron chi connectivity index (χ4n) is 2.50. The van der Waals surface area contributed by atoms with Gasteiger partial charge in [-0.25, -0.2) is 0 Å². The third-order valence-corrected chi connectivity index (χ3v) is 6.50. The van der Waals surface area contributed by atoms with Crippen LogP contribution >= 0.6 is 22.9 Å². The van der Waals surface area contributed by atoms with Crippen LogP contribution < -0.4 is 4.80 Å². The number of ether oxygens (including phenoxy) is 1. The van der Waals surface area contributed by atoms with E-state index in [1.165, 1.54) is 11.3 Å². The molecule has 0 aliphatic carbocycles. The van der Waals surface area contributed by atoms with Gasteiger partial charge in [0.1, 0.15) is 0 Å². The summed E-state index contributed by atoms with van der Waals surface area (Å²) in [5.41, 5.74) is 1.88. The van der Waals surface area contributed by atoms with Crippen LogP contribution in [-0.2, 0) is 21.3 Å². The Hall–Kier alpha value is -1.67. The molecule has 0 fully saturated rings. The number of aryl methyl sites for hydroxylation is 1. The van der Waals surface area contributed by atoms with E-state index >= 15 is 0 Å². The van der Waals surface area contributed by atoms with Crippen molar-refractivity contribution in [1.29, 1.82) is 0 Å².